The Balaban J connectivity index is 1.70. The molecule has 0 aliphatic heterocycles. The Morgan fingerprint density at radius 1 is 1.15 bits per heavy atom. The average Bonchev–Trinajstić information content (AvgIpc) is 3.21. The fraction of sp³-hybridized carbons (Fsp3) is 0.217. The number of carbonyl (C=O) groups excluding carboxylic acids is 1. The number of aryl methyl sites for hydroxylation is 1. The number of halogens is 1. The summed E-state index contributed by atoms with van der Waals surface area (Å²) in [5.41, 5.74) is 1.88. The van der Waals surface area contributed by atoms with Crippen molar-refractivity contribution in [3.63, 3.8) is 0 Å². The van der Waals surface area contributed by atoms with E-state index in [0.717, 1.165) is 15.3 Å². The van der Waals surface area contributed by atoms with Crippen molar-refractivity contribution in [3.05, 3.63) is 68.4 Å². The summed E-state index contributed by atoms with van der Waals surface area (Å²) in [7, 11) is 3.10. The van der Waals surface area contributed by atoms with Gasteiger partial charge in [-0.2, -0.15) is 5.10 Å². The van der Waals surface area contributed by atoms with Crippen molar-refractivity contribution in [2.24, 2.45) is 0 Å². The molecule has 0 bridgehead atoms. The number of hydrogen-bond acceptors (Lipinski definition) is 7. The summed E-state index contributed by atoms with van der Waals surface area (Å²) in [4.78, 5) is 30.0. The van der Waals surface area contributed by atoms with Crippen LogP contribution >= 0.6 is 22.9 Å². The van der Waals surface area contributed by atoms with Gasteiger partial charge in [-0.1, -0.05) is 29.8 Å². The number of nitrogens with zero attached hydrogens (tertiary/aromatic N) is 3. The molecule has 0 saturated carbocycles. The van der Waals surface area contributed by atoms with Crippen LogP contribution in [0.15, 0.2) is 47.3 Å². The van der Waals surface area contributed by atoms with E-state index in [4.69, 9.17) is 21.1 Å². The van der Waals surface area contributed by atoms with Crippen molar-refractivity contribution in [2.45, 2.75) is 20.0 Å². The summed E-state index contributed by atoms with van der Waals surface area (Å²) >= 11 is 7.52. The molecule has 1 amide bonds. The zero-order chi connectivity index (χ0) is 23.5. The van der Waals surface area contributed by atoms with Gasteiger partial charge in [0.05, 0.1) is 23.9 Å². The Morgan fingerprint density at radius 3 is 2.64 bits per heavy atom. The molecule has 2 aromatic heterocycles. The number of carbonyl (C=O) groups is 1. The van der Waals surface area contributed by atoms with Crippen LogP contribution in [0.1, 0.15) is 10.6 Å². The van der Waals surface area contributed by atoms with Gasteiger partial charge in [-0.05, 0) is 36.8 Å². The highest BCUT2D eigenvalue weighted by molar-refractivity contribution is 7.19. The molecule has 0 atom stereocenters. The third-order valence-corrected chi connectivity index (χ3v) is 6.34. The quantitative estimate of drug-likeness (QED) is 0.428. The van der Waals surface area contributed by atoms with Crippen LogP contribution in [0.25, 0.3) is 21.5 Å². The maximum absolute atomic E-state index is 13.0. The van der Waals surface area contributed by atoms with Crippen molar-refractivity contribution in [1.29, 1.82) is 0 Å². The van der Waals surface area contributed by atoms with Crippen molar-refractivity contribution < 1.29 is 14.3 Å². The average molecular weight is 485 g/mol. The van der Waals surface area contributed by atoms with Crippen LogP contribution in [0.2, 0.25) is 5.02 Å². The molecule has 1 N–H and O–H groups in total. The molecule has 0 fully saturated rings. The van der Waals surface area contributed by atoms with Gasteiger partial charge in [-0.25, -0.2) is 9.67 Å². The number of thiazole rings is 1. The van der Waals surface area contributed by atoms with E-state index in [1.165, 1.54) is 11.3 Å². The SMILES string of the molecule is COc1ccc(-c2nn(CC(=O)NCc3ccccc3Cl)c(=O)c3nc(C)sc23)cc1OC. The lowest BCUT2D eigenvalue weighted by molar-refractivity contribution is -0.122. The minimum atomic E-state index is -0.425. The first-order chi connectivity index (χ1) is 15.9. The molecule has 8 nitrogen and oxygen atoms in total. The van der Waals surface area contributed by atoms with Crippen LogP contribution in [0.5, 0.6) is 11.5 Å². The van der Waals surface area contributed by atoms with Gasteiger partial charge in [0.2, 0.25) is 5.91 Å². The summed E-state index contributed by atoms with van der Waals surface area (Å²) in [6, 6.07) is 12.6. The predicted molar refractivity (Wildman–Crippen MR) is 128 cm³/mol. The van der Waals surface area contributed by atoms with Gasteiger partial charge in [0, 0.05) is 17.1 Å². The van der Waals surface area contributed by atoms with Gasteiger partial charge >= 0.3 is 0 Å². The van der Waals surface area contributed by atoms with Crippen molar-refractivity contribution in [1.82, 2.24) is 20.1 Å². The lowest BCUT2D eigenvalue weighted by atomic mass is 10.1. The van der Waals surface area contributed by atoms with Crippen molar-refractivity contribution in [3.8, 4) is 22.8 Å². The molecule has 10 heteroatoms. The molecule has 0 radical (unpaired) electrons. The summed E-state index contributed by atoms with van der Waals surface area (Å²) in [6.45, 7) is 1.81. The Labute approximate surface area is 198 Å². The smallest absolute Gasteiger partial charge is 0.294 e. The number of fused-ring (bicyclic) bond motifs is 1. The fourth-order valence-corrected chi connectivity index (χ4v) is 4.49. The highest BCUT2D eigenvalue weighted by Crippen LogP contribution is 2.35. The van der Waals surface area contributed by atoms with E-state index in [2.05, 4.69) is 15.4 Å². The van der Waals surface area contributed by atoms with Crippen molar-refractivity contribution >= 4 is 39.1 Å². The zero-order valence-corrected chi connectivity index (χ0v) is 19.8. The number of hydrogen-bond donors (Lipinski definition) is 1. The maximum atomic E-state index is 13.0. The third-order valence-electron chi connectivity index (χ3n) is 4.99. The second-order valence-corrected chi connectivity index (χ2v) is 8.77. The van der Waals surface area contributed by atoms with Gasteiger partial charge in [0.25, 0.3) is 5.56 Å². The normalized spacial score (nSPS) is 10.9. The maximum Gasteiger partial charge on any atom is 0.294 e. The van der Waals surface area contributed by atoms with Crippen LogP contribution in [0.3, 0.4) is 0 Å². The molecule has 0 aliphatic carbocycles. The van der Waals surface area contributed by atoms with E-state index in [1.807, 2.05) is 31.2 Å². The molecule has 170 valence electrons. The molecular weight excluding hydrogens is 464 g/mol. The van der Waals surface area contributed by atoms with Crippen molar-refractivity contribution in [2.75, 3.05) is 14.2 Å². The molecule has 2 aromatic carbocycles. The molecule has 0 saturated heterocycles. The fourth-order valence-electron chi connectivity index (χ4n) is 3.37. The van der Waals surface area contributed by atoms with E-state index in [9.17, 15) is 9.59 Å². The van der Waals surface area contributed by atoms with Crippen LogP contribution in [-0.4, -0.2) is 34.9 Å². The second kappa shape index (κ2) is 9.60. The number of benzene rings is 2. The van der Waals surface area contributed by atoms with Crippen LogP contribution in [-0.2, 0) is 17.9 Å². The molecule has 0 unspecified atom stereocenters. The molecule has 0 aliphatic rings. The Morgan fingerprint density at radius 2 is 1.91 bits per heavy atom. The number of ether oxygens (including phenoxy) is 2. The number of amides is 1. The van der Waals surface area contributed by atoms with Gasteiger partial charge < -0.3 is 14.8 Å². The standard InChI is InChI=1S/C23H21ClN4O4S/c1-13-26-21-22(33-13)20(14-8-9-17(31-2)18(10-14)32-3)27-28(23(21)30)12-19(29)25-11-15-6-4-5-7-16(15)24/h4-10H,11-12H2,1-3H3,(H,25,29). The van der Waals surface area contributed by atoms with Gasteiger partial charge in [0.15, 0.2) is 17.0 Å². The Bertz CT molecular complexity index is 1400. The predicted octanol–water partition coefficient (Wildman–Crippen LogP) is 3.82. The third kappa shape index (κ3) is 4.69. The second-order valence-electron chi connectivity index (χ2n) is 7.16. The Hall–Kier alpha value is -3.43. The van der Waals surface area contributed by atoms with E-state index in [-0.39, 0.29) is 24.5 Å². The molecule has 4 rings (SSSR count). The number of aromatic nitrogens is 3. The summed E-state index contributed by atoms with van der Waals surface area (Å²) in [5.74, 6) is 0.737. The largest absolute Gasteiger partial charge is 0.493 e. The van der Waals surface area contributed by atoms with E-state index in [1.54, 1.807) is 32.4 Å². The molecule has 2 heterocycles. The summed E-state index contributed by atoms with van der Waals surface area (Å²) in [6.07, 6.45) is 0. The highest BCUT2D eigenvalue weighted by atomic mass is 35.5. The molecule has 0 spiro atoms. The number of nitrogens with one attached hydrogen (secondary N) is 1. The summed E-state index contributed by atoms with van der Waals surface area (Å²) < 4.78 is 12.5. The van der Waals surface area contributed by atoms with E-state index >= 15 is 0 Å². The van der Waals surface area contributed by atoms with Crippen LogP contribution < -0.4 is 20.3 Å². The highest BCUT2D eigenvalue weighted by Gasteiger charge is 2.19. The van der Waals surface area contributed by atoms with E-state index < -0.39 is 5.56 Å². The Kier molecular flexibility index (Phi) is 6.62. The van der Waals surface area contributed by atoms with E-state index in [0.29, 0.717) is 32.5 Å². The minimum Gasteiger partial charge on any atom is -0.493 e. The first-order valence-corrected chi connectivity index (χ1v) is 11.2. The first-order valence-electron chi connectivity index (χ1n) is 10.0. The number of rotatable bonds is 7. The molecule has 4 aromatic rings. The van der Waals surface area contributed by atoms with Crippen LogP contribution in [0.4, 0.5) is 0 Å². The number of methoxy groups -OCH3 is 2. The minimum absolute atomic E-state index is 0.244. The topological polar surface area (TPSA) is 95.3 Å². The van der Waals surface area contributed by atoms with Crippen LogP contribution in [0, 0.1) is 6.92 Å². The lowest BCUT2D eigenvalue weighted by Crippen LogP contribution is -2.33. The van der Waals surface area contributed by atoms with Gasteiger partial charge in [-0.15, -0.1) is 11.3 Å². The molecular formula is C23H21ClN4O4S. The monoisotopic (exact) mass is 484 g/mol. The lowest BCUT2D eigenvalue weighted by Gasteiger charge is -2.12. The van der Waals surface area contributed by atoms with Gasteiger partial charge in [0.1, 0.15) is 12.2 Å². The summed E-state index contributed by atoms with van der Waals surface area (Å²) in [5, 5.41) is 8.59. The molecule has 33 heavy (non-hydrogen) atoms. The first kappa shape index (κ1) is 22.8. The zero-order valence-electron chi connectivity index (χ0n) is 18.2. The van der Waals surface area contributed by atoms with Gasteiger partial charge in [-0.3, -0.25) is 9.59 Å².